The number of hydrogen-bond donors (Lipinski definition) is 0. The largest absolute Gasteiger partial charge is 0.289 e. The molecule has 0 N–H and O–H groups in total. The third-order valence-corrected chi connectivity index (χ3v) is 3.85. The minimum absolute atomic E-state index is 0.0109. The summed E-state index contributed by atoms with van der Waals surface area (Å²) >= 11 is 0. The molecule has 0 amide bonds. The molecule has 1 aromatic carbocycles. The fraction of sp³-hybridized carbons (Fsp3) is 0.250. The molecule has 0 aromatic heterocycles. The van der Waals surface area contributed by atoms with E-state index in [-0.39, 0.29) is 11.6 Å². The number of benzene rings is 1. The van der Waals surface area contributed by atoms with Crippen LogP contribution in [0.1, 0.15) is 47.4 Å². The van der Waals surface area contributed by atoms with Gasteiger partial charge in [-0.15, -0.1) is 0 Å². The van der Waals surface area contributed by atoms with Crippen LogP contribution >= 0.6 is 0 Å². The Bertz CT molecular complexity index is 588. The van der Waals surface area contributed by atoms with E-state index in [9.17, 15) is 9.59 Å². The Hall–Kier alpha value is -1.96. The highest BCUT2D eigenvalue weighted by Crippen LogP contribution is 2.38. The highest BCUT2D eigenvalue weighted by atomic mass is 16.1. The predicted octanol–water partition coefficient (Wildman–Crippen LogP) is 3.49. The Morgan fingerprint density at radius 2 is 1.17 bits per heavy atom. The maximum atomic E-state index is 12.5. The summed E-state index contributed by atoms with van der Waals surface area (Å²) in [6.45, 7) is 3.92. The Labute approximate surface area is 106 Å². The third-order valence-electron chi connectivity index (χ3n) is 3.85. The Balaban J connectivity index is 2.36. The molecule has 2 nitrogen and oxygen atoms in total. The van der Waals surface area contributed by atoms with Crippen molar-refractivity contribution in [1.82, 2.24) is 0 Å². The number of allylic oxidation sites excluding steroid dienone is 4. The molecule has 0 atom stereocenters. The summed E-state index contributed by atoms with van der Waals surface area (Å²) in [7, 11) is 0. The van der Waals surface area contributed by atoms with E-state index in [2.05, 4.69) is 0 Å². The lowest BCUT2D eigenvalue weighted by Crippen LogP contribution is -2.26. The fourth-order valence-corrected chi connectivity index (χ4v) is 2.81. The van der Waals surface area contributed by atoms with Crippen molar-refractivity contribution in [2.75, 3.05) is 0 Å². The molecule has 18 heavy (non-hydrogen) atoms. The Kier molecular flexibility index (Phi) is 2.34. The standard InChI is InChI=1S/C16H14O2/c1-9-7-8-10(2)14-13(9)15(17)11-5-3-4-6-12(11)16(14)18/h3-6H,7-8H2,1-2H3. The monoisotopic (exact) mass is 238 g/mol. The van der Waals surface area contributed by atoms with Crippen LogP contribution < -0.4 is 0 Å². The van der Waals surface area contributed by atoms with Crippen molar-refractivity contribution in [3.8, 4) is 0 Å². The van der Waals surface area contributed by atoms with Crippen molar-refractivity contribution in [3.05, 3.63) is 57.7 Å². The van der Waals surface area contributed by atoms with Gasteiger partial charge in [0.1, 0.15) is 0 Å². The molecule has 3 rings (SSSR count). The van der Waals surface area contributed by atoms with Crippen molar-refractivity contribution in [1.29, 1.82) is 0 Å². The highest BCUT2D eigenvalue weighted by molar-refractivity contribution is 6.31. The summed E-state index contributed by atoms with van der Waals surface area (Å²) in [5, 5.41) is 0. The summed E-state index contributed by atoms with van der Waals surface area (Å²) in [5.74, 6) is 0.0218. The van der Waals surface area contributed by atoms with Crippen LogP contribution in [-0.4, -0.2) is 11.6 Å². The number of carbonyl (C=O) groups excluding carboxylic acids is 2. The van der Waals surface area contributed by atoms with Gasteiger partial charge in [0.2, 0.25) is 0 Å². The van der Waals surface area contributed by atoms with E-state index in [0.717, 1.165) is 24.0 Å². The minimum atomic E-state index is 0.0109. The number of rotatable bonds is 0. The molecule has 0 saturated heterocycles. The average molecular weight is 238 g/mol. The van der Waals surface area contributed by atoms with E-state index in [0.29, 0.717) is 22.3 Å². The molecule has 2 aliphatic carbocycles. The van der Waals surface area contributed by atoms with Crippen molar-refractivity contribution < 1.29 is 9.59 Å². The van der Waals surface area contributed by atoms with E-state index in [4.69, 9.17) is 0 Å². The molecule has 2 heteroatoms. The first-order chi connectivity index (χ1) is 8.61. The SMILES string of the molecule is CC1=C2C(=O)c3ccccc3C(=O)C2=C(C)CC1. The molecular formula is C16H14O2. The summed E-state index contributed by atoms with van der Waals surface area (Å²) in [4.78, 5) is 25.0. The van der Waals surface area contributed by atoms with Crippen LogP contribution in [0, 0.1) is 0 Å². The van der Waals surface area contributed by atoms with Gasteiger partial charge in [-0.25, -0.2) is 0 Å². The van der Waals surface area contributed by atoms with Gasteiger partial charge >= 0.3 is 0 Å². The molecule has 90 valence electrons. The summed E-state index contributed by atoms with van der Waals surface area (Å²) in [5.41, 5.74) is 4.50. The third kappa shape index (κ3) is 1.35. The average Bonchev–Trinajstić information content (AvgIpc) is 2.38. The van der Waals surface area contributed by atoms with Crippen LogP contribution in [0.3, 0.4) is 0 Å². The quantitative estimate of drug-likeness (QED) is 0.693. The van der Waals surface area contributed by atoms with Crippen LogP contribution in [0.4, 0.5) is 0 Å². The van der Waals surface area contributed by atoms with Gasteiger partial charge in [-0.1, -0.05) is 35.4 Å². The normalized spacial score (nSPS) is 19.0. The van der Waals surface area contributed by atoms with Gasteiger partial charge in [0, 0.05) is 22.3 Å². The van der Waals surface area contributed by atoms with Gasteiger partial charge in [0.15, 0.2) is 11.6 Å². The smallest absolute Gasteiger partial charge is 0.194 e. The summed E-state index contributed by atoms with van der Waals surface area (Å²) in [6, 6.07) is 7.11. The number of Topliss-reactive ketones (excluding diaryl/α,β-unsaturated/α-hetero) is 2. The second kappa shape index (κ2) is 3.77. The van der Waals surface area contributed by atoms with E-state index >= 15 is 0 Å². The van der Waals surface area contributed by atoms with Crippen molar-refractivity contribution >= 4 is 11.6 Å². The predicted molar refractivity (Wildman–Crippen MR) is 69.7 cm³/mol. The zero-order chi connectivity index (χ0) is 12.9. The topological polar surface area (TPSA) is 34.1 Å². The van der Waals surface area contributed by atoms with Gasteiger partial charge in [-0.05, 0) is 26.7 Å². The maximum absolute atomic E-state index is 12.5. The highest BCUT2D eigenvalue weighted by Gasteiger charge is 2.35. The summed E-state index contributed by atoms with van der Waals surface area (Å²) < 4.78 is 0. The molecule has 0 aliphatic heterocycles. The fourth-order valence-electron chi connectivity index (χ4n) is 2.81. The second-order valence-electron chi connectivity index (χ2n) is 5.01. The van der Waals surface area contributed by atoms with E-state index in [1.165, 1.54) is 0 Å². The van der Waals surface area contributed by atoms with Crippen LogP contribution in [0.2, 0.25) is 0 Å². The molecule has 0 saturated carbocycles. The van der Waals surface area contributed by atoms with Crippen molar-refractivity contribution in [2.24, 2.45) is 0 Å². The lowest BCUT2D eigenvalue weighted by atomic mass is 9.74. The first-order valence-corrected chi connectivity index (χ1v) is 6.19. The molecule has 0 bridgehead atoms. The van der Waals surface area contributed by atoms with Crippen LogP contribution in [0.25, 0.3) is 0 Å². The number of fused-ring (bicyclic) bond motifs is 2. The Morgan fingerprint density at radius 3 is 1.56 bits per heavy atom. The first-order valence-electron chi connectivity index (χ1n) is 6.19. The van der Waals surface area contributed by atoms with Gasteiger partial charge in [0.25, 0.3) is 0 Å². The summed E-state index contributed by atoms with van der Waals surface area (Å²) in [6.07, 6.45) is 1.76. The maximum Gasteiger partial charge on any atom is 0.194 e. The van der Waals surface area contributed by atoms with E-state index < -0.39 is 0 Å². The zero-order valence-electron chi connectivity index (χ0n) is 10.5. The van der Waals surface area contributed by atoms with Crippen LogP contribution in [0.5, 0.6) is 0 Å². The second-order valence-corrected chi connectivity index (χ2v) is 5.01. The number of ketones is 2. The molecule has 0 radical (unpaired) electrons. The van der Waals surface area contributed by atoms with Crippen molar-refractivity contribution in [2.45, 2.75) is 26.7 Å². The molecule has 0 heterocycles. The number of carbonyl (C=O) groups is 2. The van der Waals surface area contributed by atoms with Crippen molar-refractivity contribution in [3.63, 3.8) is 0 Å². The lowest BCUT2D eigenvalue weighted by Gasteiger charge is -2.26. The van der Waals surface area contributed by atoms with Crippen LogP contribution in [-0.2, 0) is 0 Å². The van der Waals surface area contributed by atoms with Gasteiger partial charge < -0.3 is 0 Å². The molecule has 0 fully saturated rings. The van der Waals surface area contributed by atoms with E-state index in [1.807, 2.05) is 26.0 Å². The molecular weight excluding hydrogens is 224 g/mol. The number of hydrogen-bond acceptors (Lipinski definition) is 2. The molecule has 1 aromatic rings. The van der Waals surface area contributed by atoms with Gasteiger partial charge in [-0.2, -0.15) is 0 Å². The minimum Gasteiger partial charge on any atom is -0.289 e. The molecule has 0 unspecified atom stereocenters. The lowest BCUT2D eigenvalue weighted by molar-refractivity contribution is 0.0969. The van der Waals surface area contributed by atoms with Crippen LogP contribution in [0.15, 0.2) is 46.6 Å². The first kappa shape index (κ1) is 11.1. The zero-order valence-corrected chi connectivity index (χ0v) is 10.5. The molecule has 0 spiro atoms. The van der Waals surface area contributed by atoms with E-state index in [1.54, 1.807) is 12.1 Å². The Morgan fingerprint density at radius 1 is 0.778 bits per heavy atom. The van der Waals surface area contributed by atoms with Gasteiger partial charge in [0.05, 0.1) is 0 Å². The van der Waals surface area contributed by atoms with Gasteiger partial charge in [-0.3, -0.25) is 9.59 Å². The molecule has 2 aliphatic rings.